The fraction of sp³-hybridized carbons (Fsp3) is 0.611. The number of nitrogens with zero attached hydrogens (tertiary/aromatic N) is 1. The van der Waals surface area contributed by atoms with E-state index in [0.717, 1.165) is 43.9 Å². The Balaban J connectivity index is 2.22. The third-order valence-corrected chi connectivity index (χ3v) is 6.61. The molecule has 0 radical (unpaired) electrons. The summed E-state index contributed by atoms with van der Waals surface area (Å²) in [7, 11) is -2.90. The Hall–Kier alpha value is -1.24. The van der Waals surface area contributed by atoms with Crippen molar-refractivity contribution in [1.82, 2.24) is 4.67 Å². The molecule has 0 aromatic heterocycles. The highest BCUT2D eigenvalue weighted by Crippen LogP contribution is 2.45. The van der Waals surface area contributed by atoms with Crippen molar-refractivity contribution in [1.29, 1.82) is 0 Å². The van der Waals surface area contributed by atoms with E-state index < -0.39 is 26.0 Å². The molecular weight excluding hydrogens is 357 g/mol. The van der Waals surface area contributed by atoms with E-state index in [0.29, 0.717) is 5.56 Å². The predicted molar refractivity (Wildman–Crippen MR) is 97.1 cm³/mol. The summed E-state index contributed by atoms with van der Waals surface area (Å²) in [5.41, 5.74) is -1.29. The molecular formula is C18H28NO6P. The quantitative estimate of drug-likeness (QED) is 0.403. The Bertz CT molecular complexity index is 634. The van der Waals surface area contributed by atoms with Gasteiger partial charge in [-0.2, -0.15) is 4.67 Å². The van der Waals surface area contributed by atoms with E-state index >= 15 is 0 Å². The van der Waals surface area contributed by atoms with Crippen LogP contribution in [0.2, 0.25) is 0 Å². The van der Waals surface area contributed by atoms with Crippen molar-refractivity contribution in [3.63, 3.8) is 0 Å². The van der Waals surface area contributed by atoms with Crippen LogP contribution in [0, 0.1) is 5.92 Å². The van der Waals surface area contributed by atoms with Crippen LogP contribution in [0.5, 0.6) is 0 Å². The van der Waals surface area contributed by atoms with E-state index in [2.05, 4.69) is 4.52 Å². The standard InChI is InChI=1S/C18H28NO6P/c1-3-19(26(22,23)24-2)14-25-17(20)18(21,15-10-6-4-7-11-15)16-12-8-5-9-13-16/h4,6-7,10-11,16,21H,3,5,8-9,12-14H2,1-2H3,(H,22,23). The van der Waals surface area contributed by atoms with Crippen LogP contribution < -0.4 is 0 Å². The molecule has 146 valence electrons. The molecule has 2 atom stereocenters. The zero-order valence-corrected chi connectivity index (χ0v) is 16.2. The Morgan fingerprint density at radius 1 is 1.27 bits per heavy atom. The van der Waals surface area contributed by atoms with Gasteiger partial charge in [-0.1, -0.05) is 56.5 Å². The Labute approximate surface area is 154 Å². The molecule has 1 aliphatic rings. The molecule has 7 nitrogen and oxygen atoms in total. The van der Waals surface area contributed by atoms with Gasteiger partial charge in [0.2, 0.25) is 0 Å². The number of rotatable bonds is 8. The van der Waals surface area contributed by atoms with Crippen LogP contribution in [0.15, 0.2) is 30.3 Å². The zero-order valence-electron chi connectivity index (χ0n) is 15.3. The second kappa shape index (κ2) is 9.11. The van der Waals surface area contributed by atoms with Gasteiger partial charge in [0, 0.05) is 19.6 Å². The second-order valence-electron chi connectivity index (χ2n) is 6.52. The van der Waals surface area contributed by atoms with Crippen molar-refractivity contribution in [3.8, 4) is 0 Å². The van der Waals surface area contributed by atoms with Gasteiger partial charge in [-0.15, -0.1) is 0 Å². The average molecular weight is 385 g/mol. The summed E-state index contributed by atoms with van der Waals surface area (Å²) in [6, 6.07) is 8.76. The number of aliphatic hydroxyl groups is 1. The summed E-state index contributed by atoms with van der Waals surface area (Å²) in [6.07, 6.45) is 4.44. The lowest BCUT2D eigenvalue weighted by molar-refractivity contribution is -0.178. The molecule has 0 aliphatic heterocycles. The first-order chi connectivity index (χ1) is 12.4. The number of esters is 1. The first kappa shape index (κ1) is 21.1. The molecule has 0 spiro atoms. The van der Waals surface area contributed by atoms with Crippen LogP contribution in [-0.4, -0.2) is 41.0 Å². The van der Waals surface area contributed by atoms with E-state index in [9.17, 15) is 19.4 Å². The molecule has 1 saturated carbocycles. The molecule has 0 heterocycles. The summed E-state index contributed by atoms with van der Waals surface area (Å²) < 4.78 is 22.9. The van der Waals surface area contributed by atoms with Gasteiger partial charge in [0.25, 0.3) is 0 Å². The highest BCUT2D eigenvalue weighted by atomic mass is 31.2. The summed E-state index contributed by atoms with van der Waals surface area (Å²) >= 11 is 0. The van der Waals surface area contributed by atoms with Gasteiger partial charge in [0.15, 0.2) is 12.3 Å². The minimum Gasteiger partial charge on any atom is -0.447 e. The molecule has 1 aliphatic carbocycles. The zero-order chi connectivity index (χ0) is 19.2. The summed E-state index contributed by atoms with van der Waals surface area (Å²) in [4.78, 5) is 22.7. The number of carbonyl (C=O) groups is 1. The van der Waals surface area contributed by atoms with Crippen LogP contribution in [0.25, 0.3) is 0 Å². The van der Waals surface area contributed by atoms with Gasteiger partial charge in [0.1, 0.15) is 0 Å². The predicted octanol–water partition coefficient (Wildman–Crippen LogP) is 3.02. The molecule has 1 aromatic carbocycles. The lowest BCUT2D eigenvalue weighted by Gasteiger charge is -2.37. The van der Waals surface area contributed by atoms with Gasteiger partial charge >= 0.3 is 13.7 Å². The lowest BCUT2D eigenvalue weighted by Crippen LogP contribution is -2.46. The van der Waals surface area contributed by atoms with E-state index in [-0.39, 0.29) is 12.5 Å². The van der Waals surface area contributed by atoms with Gasteiger partial charge in [-0.05, 0) is 18.4 Å². The molecule has 0 bridgehead atoms. The largest absolute Gasteiger partial charge is 0.447 e. The van der Waals surface area contributed by atoms with Crippen molar-refractivity contribution < 1.29 is 28.6 Å². The van der Waals surface area contributed by atoms with E-state index in [1.807, 2.05) is 6.07 Å². The van der Waals surface area contributed by atoms with Crippen LogP contribution in [0.3, 0.4) is 0 Å². The van der Waals surface area contributed by atoms with Crippen LogP contribution in [0.4, 0.5) is 0 Å². The van der Waals surface area contributed by atoms with Gasteiger partial charge in [-0.25, -0.2) is 9.36 Å². The van der Waals surface area contributed by atoms with Gasteiger partial charge in [-0.3, -0.25) is 0 Å². The Morgan fingerprint density at radius 3 is 2.42 bits per heavy atom. The Kier molecular flexibility index (Phi) is 7.38. The minimum absolute atomic E-state index is 0.155. The second-order valence-corrected chi connectivity index (χ2v) is 8.44. The number of hydrogen-bond donors (Lipinski definition) is 2. The number of hydrogen-bond acceptors (Lipinski definition) is 5. The summed E-state index contributed by atoms with van der Waals surface area (Å²) in [5, 5.41) is 11.4. The molecule has 2 rings (SSSR count). The third kappa shape index (κ3) is 4.53. The van der Waals surface area contributed by atoms with Crippen molar-refractivity contribution in [2.75, 3.05) is 20.4 Å². The first-order valence-corrected chi connectivity index (χ1v) is 10.5. The van der Waals surface area contributed by atoms with Crippen molar-refractivity contribution in [2.45, 2.75) is 44.6 Å². The topological polar surface area (TPSA) is 96.3 Å². The van der Waals surface area contributed by atoms with Crippen LogP contribution in [-0.2, 0) is 24.2 Å². The van der Waals surface area contributed by atoms with Crippen molar-refractivity contribution >= 4 is 13.7 Å². The summed E-state index contributed by atoms with van der Waals surface area (Å²) in [6.45, 7) is 1.38. The van der Waals surface area contributed by atoms with Gasteiger partial charge < -0.3 is 19.3 Å². The molecule has 26 heavy (non-hydrogen) atoms. The lowest BCUT2D eigenvalue weighted by atomic mass is 9.73. The van der Waals surface area contributed by atoms with Crippen LogP contribution in [0.1, 0.15) is 44.6 Å². The van der Waals surface area contributed by atoms with E-state index in [1.54, 1.807) is 31.2 Å². The highest BCUT2D eigenvalue weighted by molar-refractivity contribution is 7.50. The Morgan fingerprint density at radius 2 is 1.88 bits per heavy atom. The normalized spacial score (nSPS) is 20.3. The highest BCUT2D eigenvalue weighted by Gasteiger charge is 2.47. The molecule has 8 heteroatoms. The number of benzene rings is 1. The molecule has 2 N–H and O–H groups in total. The maximum atomic E-state index is 12.9. The minimum atomic E-state index is -4.02. The molecule has 1 fully saturated rings. The maximum Gasteiger partial charge on any atom is 0.408 e. The van der Waals surface area contributed by atoms with E-state index in [1.165, 1.54) is 0 Å². The van der Waals surface area contributed by atoms with Crippen molar-refractivity contribution in [2.24, 2.45) is 5.92 Å². The van der Waals surface area contributed by atoms with Crippen molar-refractivity contribution in [3.05, 3.63) is 35.9 Å². The fourth-order valence-corrected chi connectivity index (χ4v) is 4.23. The SMILES string of the molecule is CCN(COC(=O)C(O)(c1ccccc1)C1CCCCC1)P(=O)(O)OC. The first-order valence-electron chi connectivity index (χ1n) is 8.95. The molecule has 0 saturated heterocycles. The molecule has 2 unspecified atom stereocenters. The number of carbonyl (C=O) groups excluding carboxylic acids is 1. The summed E-state index contributed by atoms with van der Waals surface area (Å²) in [5.74, 6) is -1.05. The number of ether oxygens (including phenoxy) is 1. The molecule has 0 amide bonds. The third-order valence-electron chi connectivity index (χ3n) is 5.03. The van der Waals surface area contributed by atoms with E-state index in [4.69, 9.17) is 4.74 Å². The fourth-order valence-electron chi connectivity index (χ4n) is 3.43. The molecule has 1 aromatic rings. The maximum absolute atomic E-state index is 12.9. The smallest absolute Gasteiger partial charge is 0.408 e. The monoisotopic (exact) mass is 385 g/mol. The van der Waals surface area contributed by atoms with Crippen LogP contribution >= 0.6 is 7.75 Å². The average Bonchev–Trinajstić information content (AvgIpc) is 2.68. The van der Waals surface area contributed by atoms with Gasteiger partial charge in [0.05, 0.1) is 0 Å².